The molecule has 9 heteroatoms. The Balaban J connectivity index is 1.29. The van der Waals surface area contributed by atoms with Crippen LogP contribution in [0.3, 0.4) is 0 Å². The van der Waals surface area contributed by atoms with Crippen molar-refractivity contribution in [1.29, 1.82) is 0 Å². The van der Waals surface area contributed by atoms with Gasteiger partial charge in [0.2, 0.25) is 0 Å². The quantitative estimate of drug-likeness (QED) is 0.432. The average molecular weight is 558 g/mol. The van der Waals surface area contributed by atoms with Crippen LogP contribution in [-0.4, -0.2) is 48.0 Å². The second kappa shape index (κ2) is 11.0. The molecule has 6 nitrogen and oxygen atoms in total. The molecule has 2 amide bonds. The highest BCUT2D eigenvalue weighted by molar-refractivity contribution is 9.10. The minimum Gasteiger partial charge on any atom is -0.368 e. The molecule has 34 heavy (non-hydrogen) atoms. The van der Waals surface area contributed by atoms with E-state index < -0.39 is 0 Å². The zero-order valence-electron chi connectivity index (χ0n) is 18.1. The summed E-state index contributed by atoms with van der Waals surface area (Å²) in [6.07, 6.45) is 0. The number of nitrogens with one attached hydrogen (secondary N) is 2. The molecular weight excluding hydrogens is 536 g/mol. The van der Waals surface area contributed by atoms with Crippen LogP contribution in [-0.2, 0) is 0 Å². The lowest BCUT2D eigenvalue weighted by Gasteiger charge is -2.36. The highest BCUT2D eigenvalue weighted by Crippen LogP contribution is 2.22. The van der Waals surface area contributed by atoms with Crippen LogP contribution in [0.2, 0.25) is 5.02 Å². The molecule has 1 fully saturated rings. The van der Waals surface area contributed by atoms with E-state index in [1.165, 1.54) is 0 Å². The largest absolute Gasteiger partial charge is 0.368 e. The van der Waals surface area contributed by atoms with Crippen molar-refractivity contribution >= 4 is 68.1 Å². The van der Waals surface area contributed by atoms with Crippen LogP contribution in [0.5, 0.6) is 0 Å². The summed E-state index contributed by atoms with van der Waals surface area (Å²) >= 11 is 14.7. The molecular formula is C25H22BrClN4O2S. The van der Waals surface area contributed by atoms with Gasteiger partial charge < -0.3 is 15.1 Å². The number of piperazine rings is 1. The molecule has 0 aliphatic carbocycles. The summed E-state index contributed by atoms with van der Waals surface area (Å²) in [5.41, 5.74) is 2.87. The molecule has 0 spiro atoms. The van der Waals surface area contributed by atoms with Crippen molar-refractivity contribution in [1.82, 2.24) is 10.2 Å². The number of carbonyl (C=O) groups is 2. The van der Waals surface area contributed by atoms with Gasteiger partial charge in [-0.2, -0.15) is 0 Å². The Morgan fingerprint density at radius 2 is 1.59 bits per heavy atom. The number of rotatable bonds is 4. The van der Waals surface area contributed by atoms with Crippen LogP contribution in [0.15, 0.2) is 77.3 Å². The number of carbonyl (C=O) groups excluding carboxylic acids is 2. The topological polar surface area (TPSA) is 64.7 Å². The monoisotopic (exact) mass is 556 g/mol. The molecule has 1 saturated heterocycles. The number of thiocarbonyl (C=S) groups is 1. The van der Waals surface area contributed by atoms with Gasteiger partial charge in [-0.05, 0) is 66.8 Å². The van der Waals surface area contributed by atoms with E-state index in [4.69, 9.17) is 23.8 Å². The second-order valence-electron chi connectivity index (χ2n) is 7.72. The summed E-state index contributed by atoms with van der Waals surface area (Å²) in [7, 11) is 0. The fourth-order valence-corrected chi connectivity index (χ4v) is 4.47. The highest BCUT2D eigenvalue weighted by Gasteiger charge is 2.22. The van der Waals surface area contributed by atoms with Gasteiger partial charge in [0.15, 0.2) is 5.11 Å². The lowest BCUT2D eigenvalue weighted by molar-refractivity contribution is 0.0746. The van der Waals surface area contributed by atoms with Crippen LogP contribution in [0, 0.1) is 0 Å². The molecule has 0 aromatic heterocycles. The molecule has 1 aliphatic rings. The maximum Gasteiger partial charge on any atom is 0.258 e. The summed E-state index contributed by atoms with van der Waals surface area (Å²) in [6, 6.07) is 22.2. The van der Waals surface area contributed by atoms with Gasteiger partial charge >= 0.3 is 0 Å². The highest BCUT2D eigenvalue weighted by atomic mass is 79.9. The van der Waals surface area contributed by atoms with Crippen molar-refractivity contribution in [3.05, 3.63) is 93.4 Å². The van der Waals surface area contributed by atoms with Gasteiger partial charge in [0.05, 0.1) is 10.6 Å². The number of nitrogens with zero attached hydrogens (tertiary/aromatic N) is 2. The van der Waals surface area contributed by atoms with Crippen molar-refractivity contribution in [2.75, 3.05) is 36.4 Å². The minimum absolute atomic E-state index is 0.0690. The number of anilines is 2. The first-order chi connectivity index (χ1) is 16.4. The Morgan fingerprint density at radius 1 is 0.912 bits per heavy atom. The standard InChI is InChI=1S/C25H22BrClN4O2S/c26-18-6-11-22(27)21(16-18)23(32)29-25(34)28-19-7-9-20(10-8-19)30-12-14-31(15-13-30)24(33)17-4-2-1-3-5-17/h1-11,16H,12-15H2,(H2,28,29,32,34). The van der Waals surface area contributed by atoms with Crippen molar-refractivity contribution in [3.63, 3.8) is 0 Å². The van der Waals surface area contributed by atoms with Crippen LogP contribution in [0.25, 0.3) is 0 Å². The summed E-state index contributed by atoms with van der Waals surface area (Å²) in [4.78, 5) is 29.2. The molecule has 3 aromatic rings. The first kappa shape index (κ1) is 24.2. The summed E-state index contributed by atoms with van der Waals surface area (Å²) < 4.78 is 0.752. The summed E-state index contributed by atoms with van der Waals surface area (Å²) in [5, 5.41) is 6.20. The smallest absolute Gasteiger partial charge is 0.258 e. The van der Waals surface area contributed by atoms with Gasteiger partial charge in [0.25, 0.3) is 11.8 Å². The van der Waals surface area contributed by atoms with Gasteiger partial charge in [-0.25, -0.2) is 0 Å². The lowest BCUT2D eigenvalue weighted by Crippen LogP contribution is -2.48. The van der Waals surface area contributed by atoms with Gasteiger partial charge in [0.1, 0.15) is 0 Å². The van der Waals surface area contributed by atoms with Crippen molar-refractivity contribution in [3.8, 4) is 0 Å². The molecule has 0 bridgehead atoms. The maximum atomic E-state index is 12.6. The predicted molar refractivity (Wildman–Crippen MR) is 144 cm³/mol. The molecule has 174 valence electrons. The number of amides is 2. The number of hydrogen-bond donors (Lipinski definition) is 2. The molecule has 0 radical (unpaired) electrons. The van der Waals surface area contributed by atoms with E-state index in [0.717, 1.165) is 34.5 Å². The number of benzene rings is 3. The molecule has 0 saturated carbocycles. The Kier molecular flexibility index (Phi) is 7.82. The molecule has 1 aliphatic heterocycles. The Morgan fingerprint density at radius 3 is 2.26 bits per heavy atom. The van der Waals surface area contributed by atoms with Crippen LogP contribution in [0.1, 0.15) is 20.7 Å². The van der Waals surface area contributed by atoms with Crippen molar-refractivity contribution in [2.45, 2.75) is 0 Å². The minimum atomic E-state index is -0.386. The predicted octanol–water partition coefficient (Wildman–Crippen LogP) is 5.19. The number of halogens is 2. The number of hydrogen-bond acceptors (Lipinski definition) is 4. The molecule has 0 unspecified atom stereocenters. The van der Waals surface area contributed by atoms with Crippen molar-refractivity contribution < 1.29 is 9.59 Å². The van der Waals surface area contributed by atoms with Crippen molar-refractivity contribution in [2.24, 2.45) is 0 Å². The van der Waals surface area contributed by atoms with Gasteiger partial charge in [-0.3, -0.25) is 14.9 Å². The zero-order valence-corrected chi connectivity index (χ0v) is 21.3. The third-order valence-electron chi connectivity index (χ3n) is 5.48. The Hall–Kier alpha value is -2.94. The third-order valence-corrected chi connectivity index (χ3v) is 6.51. The van der Waals surface area contributed by atoms with E-state index in [-0.39, 0.29) is 16.9 Å². The van der Waals surface area contributed by atoms with Crippen LogP contribution >= 0.6 is 39.7 Å². The van der Waals surface area contributed by atoms with E-state index in [0.29, 0.717) is 23.7 Å². The molecule has 3 aromatic carbocycles. The Bertz CT molecular complexity index is 1200. The Labute approximate surface area is 217 Å². The molecule has 2 N–H and O–H groups in total. The van der Waals surface area contributed by atoms with Gasteiger partial charge in [-0.1, -0.05) is 45.7 Å². The zero-order chi connectivity index (χ0) is 24.1. The second-order valence-corrected chi connectivity index (χ2v) is 9.46. The normalized spacial score (nSPS) is 13.4. The fraction of sp³-hybridized carbons (Fsp3) is 0.160. The molecule has 1 heterocycles. The van der Waals surface area contributed by atoms with E-state index in [1.807, 2.05) is 59.5 Å². The fourth-order valence-electron chi connectivity index (χ4n) is 3.69. The van der Waals surface area contributed by atoms with Crippen LogP contribution in [0.4, 0.5) is 11.4 Å². The lowest BCUT2D eigenvalue weighted by atomic mass is 10.1. The SMILES string of the molecule is O=C(NC(=S)Nc1ccc(N2CCN(C(=O)c3ccccc3)CC2)cc1)c1cc(Br)ccc1Cl. The van der Waals surface area contributed by atoms with E-state index >= 15 is 0 Å². The summed E-state index contributed by atoms with van der Waals surface area (Å²) in [6.45, 7) is 2.85. The molecule has 0 atom stereocenters. The van der Waals surface area contributed by atoms with E-state index in [1.54, 1.807) is 18.2 Å². The third kappa shape index (κ3) is 5.94. The van der Waals surface area contributed by atoms with Gasteiger partial charge in [-0.15, -0.1) is 0 Å². The first-order valence-corrected chi connectivity index (χ1v) is 12.3. The average Bonchev–Trinajstić information content (AvgIpc) is 2.86. The van der Waals surface area contributed by atoms with Gasteiger partial charge in [0, 0.05) is 47.6 Å². The first-order valence-electron chi connectivity index (χ1n) is 10.7. The van der Waals surface area contributed by atoms with E-state index in [2.05, 4.69) is 31.5 Å². The molecule has 4 rings (SSSR count). The van der Waals surface area contributed by atoms with E-state index in [9.17, 15) is 9.59 Å². The summed E-state index contributed by atoms with van der Waals surface area (Å²) in [5.74, 6) is -0.317. The maximum absolute atomic E-state index is 12.6. The van der Waals surface area contributed by atoms with Crippen LogP contribution < -0.4 is 15.5 Å².